The van der Waals surface area contributed by atoms with Gasteiger partial charge in [-0.2, -0.15) is 0 Å². The topological polar surface area (TPSA) is 170 Å². The number of amides is 2. The van der Waals surface area contributed by atoms with Crippen molar-refractivity contribution >= 4 is 35.7 Å². The quantitative estimate of drug-likeness (QED) is 0.0336. The Labute approximate surface area is 707 Å². The predicted octanol–water partition coefficient (Wildman–Crippen LogP) is 27.9. The van der Waals surface area contributed by atoms with Gasteiger partial charge in [-0.3, -0.25) is 28.8 Å². The maximum absolute atomic E-state index is 13.8. The van der Waals surface area contributed by atoms with Crippen LogP contribution in [0, 0.1) is 21.7 Å². The molecule has 0 aromatic heterocycles. The van der Waals surface area contributed by atoms with Crippen molar-refractivity contribution in [1.82, 2.24) is 20.4 Å². The van der Waals surface area contributed by atoms with Gasteiger partial charge in [-0.1, -0.05) is 324 Å². The first-order valence-corrected chi connectivity index (χ1v) is 49.7. The molecule has 2 N–H and O–H groups in total. The molecule has 0 saturated heterocycles. The van der Waals surface area contributed by atoms with Gasteiger partial charge in [0, 0.05) is 39.0 Å². The van der Waals surface area contributed by atoms with Crippen LogP contribution in [0.25, 0.3) is 0 Å². The summed E-state index contributed by atoms with van der Waals surface area (Å²) in [7, 11) is 0. The Bertz CT molecular complexity index is 2050. The normalized spacial score (nSPS) is 12.3. The Morgan fingerprint density at radius 2 is 0.447 bits per heavy atom. The van der Waals surface area contributed by atoms with Gasteiger partial charge in [-0.15, -0.1) is 0 Å². The summed E-state index contributed by atoms with van der Waals surface area (Å²) in [6, 6.07) is 0. The van der Waals surface area contributed by atoms with Gasteiger partial charge in [0.2, 0.25) is 11.8 Å². The van der Waals surface area contributed by atoms with Crippen molar-refractivity contribution in [2.24, 2.45) is 21.7 Å². The number of carbonyl (C=O) groups is 6. The molecule has 2 amide bonds. The third-order valence-corrected chi connectivity index (χ3v) is 24.4. The Kier molecular flexibility index (Phi) is 73.7. The maximum Gasteiger partial charge on any atom is 0.311 e. The lowest BCUT2D eigenvalue weighted by molar-refractivity contribution is -0.161. The molecule has 114 heavy (non-hydrogen) atoms. The molecule has 0 heterocycles. The van der Waals surface area contributed by atoms with Crippen LogP contribution in [-0.2, 0) is 47.7 Å². The number of carbonyl (C=O) groups excluding carboxylic acids is 6. The highest BCUT2D eigenvalue weighted by Gasteiger charge is 2.34. The van der Waals surface area contributed by atoms with Crippen LogP contribution in [0.2, 0.25) is 0 Å². The van der Waals surface area contributed by atoms with E-state index < -0.39 is 21.7 Å². The fourth-order valence-electron chi connectivity index (χ4n) is 15.8. The first-order valence-electron chi connectivity index (χ1n) is 49.7. The molecule has 0 unspecified atom stereocenters. The molecule has 0 bridgehead atoms. The molecule has 0 aliphatic heterocycles. The molecule has 14 heteroatoms. The average molecular weight is 1610 g/mol. The van der Waals surface area contributed by atoms with Crippen molar-refractivity contribution < 1.29 is 47.7 Å². The van der Waals surface area contributed by atoms with E-state index in [1.165, 1.54) is 218 Å². The SMILES string of the molecule is CCCCCCCCCCCOC(=O)C(C)(C)CCCCN(CCCCCCC(C)(C)C(=O)OC(CCCCCCCC)CCCCCCCC)CCNC(=O)CCC(=O)NCCN(CCCCCCC(C)(C)C(=O)OC(CCCCCCCC)CCCCCCCC)CCCCC(C)(C)C(=O)OCCCCCCCCCCC. The van der Waals surface area contributed by atoms with Crippen molar-refractivity contribution in [1.29, 1.82) is 0 Å². The summed E-state index contributed by atoms with van der Waals surface area (Å²) < 4.78 is 24.4. The molecule has 674 valence electrons. The van der Waals surface area contributed by atoms with Crippen molar-refractivity contribution in [3.8, 4) is 0 Å². The second-order valence-electron chi connectivity index (χ2n) is 37.9. The Morgan fingerprint density at radius 3 is 0.711 bits per heavy atom. The zero-order valence-corrected chi connectivity index (χ0v) is 78.5. The highest BCUT2D eigenvalue weighted by molar-refractivity contribution is 5.83. The van der Waals surface area contributed by atoms with Gasteiger partial charge in [-0.25, -0.2) is 0 Å². The summed E-state index contributed by atoms with van der Waals surface area (Å²) >= 11 is 0. The minimum absolute atomic E-state index is 0.0128. The fraction of sp³-hybridized carbons (Fsp3) is 0.940. The number of unbranched alkanes of at least 4 members (excludes halogenated alkanes) is 44. The Balaban J connectivity index is 5.85. The molecule has 0 saturated carbocycles. The molecular formula is C100H194N4O10. The number of nitrogens with zero attached hydrogens (tertiary/aromatic N) is 2. The standard InChI is InChI=1S/C100H194N4O10/c1-15-21-27-33-39-41-43-53-67-87-111-93(107)97(7,8)77-61-65-83-103(81-63-51-49-59-75-99(11,12)95(109)113-89(69-55-45-35-29-23-17-3)70-56-46-36-30-24-18-4)85-79-101-91(105)73-74-92(106)102-80-86-104(84-66-62-78-98(9,10)94(108)112-88-68-54-44-42-40-34-28-22-16-2)82-64-52-50-60-76-100(13,14)96(110)114-90(71-57-47-37-31-25-19-5)72-58-48-38-32-26-20-6/h89-90H,15-88H2,1-14H3,(H,101,105)(H,102,106). The van der Waals surface area contributed by atoms with E-state index >= 15 is 0 Å². The summed E-state index contributed by atoms with van der Waals surface area (Å²) in [6.45, 7) is 36.8. The smallest absolute Gasteiger partial charge is 0.311 e. The molecule has 0 radical (unpaired) electrons. The maximum atomic E-state index is 13.8. The number of ether oxygens (including phenoxy) is 4. The molecule has 0 aromatic carbocycles. The van der Waals surface area contributed by atoms with Gasteiger partial charge < -0.3 is 39.4 Å². The molecular weight excluding hydrogens is 1420 g/mol. The predicted molar refractivity (Wildman–Crippen MR) is 485 cm³/mol. The minimum atomic E-state index is -0.557. The fourth-order valence-corrected chi connectivity index (χ4v) is 15.8. The minimum Gasteiger partial charge on any atom is -0.465 e. The van der Waals surface area contributed by atoms with Gasteiger partial charge in [0.05, 0.1) is 34.9 Å². The number of nitrogens with one attached hydrogen (secondary N) is 2. The lowest BCUT2D eigenvalue weighted by Gasteiger charge is -2.27. The van der Waals surface area contributed by atoms with E-state index in [-0.39, 0.29) is 60.7 Å². The monoisotopic (exact) mass is 1610 g/mol. The third kappa shape index (κ3) is 66.5. The Hall–Kier alpha value is -3.26. The van der Waals surface area contributed by atoms with E-state index in [2.05, 4.69) is 89.7 Å². The molecule has 0 aliphatic rings. The van der Waals surface area contributed by atoms with E-state index in [1.54, 1.807) is 0 Å². The van der Waals surface area contributed by atoms with Gasteiger partial charge >= 0.3 is 23.9 Å². The zero-order valence-electron chi connectivity index (χ0n) is 78.5. The summed E-state index contributed by atoms with van der Waals surface area (Å²) in [6.07, 6.45) is 70.9. The van der Waals surface area contributed by atoms with Gasteiger partial charge in [0.25, 0.3) is 0 Å². The summed E-state index contributed by atoms with van der Waals surface area (Å²) in [5, 5.41) is 6.28. The van der Waals surface area contributed by atoms with Crippen LogP contribution in [0.5, 0.6) is 0 Å². The summed E-state index contributed by atoms with van der Waals surface area (Å²) in [5.41, 5.74) is -2.18. The number of esters is 4. The Morgan fingerprint density at radius 1 is 0.246 bits per heavy atom. The second kappa shape index (κ2) is 75.9. The van der Waals surface area contributed by atoms with E-state index in [4.69, 9.17) is 18.9 Å². The van der Waals surface area contributed by atoms with Gasteiger partial charge in [0.1, 0.15) is 12.2 Å². The van der Waals surface area contributed by atoms with Crippen molar-refractivity contribution in [2.45, 2.75) is 520 Å². The van der Waals surface area contributed by atoms with Crippen LogP contribution in [0.1, 0.15) is 508 Å². The molecule has 0 rings (SSSR count). The largest absolute Gasteiger partial charge is 0.465 e. The number of rotatable bonds is 87. The lowest BCUT2D eigenvalue weighted by Crippen LogP contribution is -2.38. The van der Waals surface area contributed by atoms with Crippen LogP contribution < -0.4 is 10.6 Å². The van der Waals surface area contributed by atoms with Crippen LogP contribution in [-0.4, -0.2) is 123 Å². The molecule has 14 nitrogen and oxygen atoms in total. The average Bonchev–Trinajstić information content (AvgIpc) is 0.889. The molecule has 0 aliphatic carbocycles. The van der Waals surface area contributed by atoms with Crippen LogP contribution in [0.15, 0.2) is 0 Å². The molecule has 0 atom stereocenters. The number of hydrogen-bond acceptors (Lipinski definition) is 12. The summed E-state index contributed by atoms with van der Waals surface area (Å²) in [4.78, 5) is 86.1. The first kappa shape index (κ1) is 111. The molecule has 0 spiro atoms. The van der Waals surface area contributed by atoms with Crippen LogP contribution >= 0.6 is 0 Å². The second-order valence-corrected chi connectivity index (χ2v) is 37.9. The van der Waals surface area contributed by atoms with E-state index in [0.717, 1.165) is 206 Å². The third-order valence-electron chi connectivity index (χ3n) is 24.4. The number of hydrogen-bond donors (Lipinski definition) is 2. The highest BCUT2D eigenvalue weighted by atomic mass is 16.6. The van der Waals surface area contributed by atoms with E-state index in [1.807, 2.05) is 27.7 Å². The van der Waals surface area contributed by atoms with Crippen LogP contribution in [0.3, 0.4) is 0 Å². The van der Waals surface area contributed by atoms with Crippen LogP contribution in [0.4, 0.5) is 0 Å². The molecule has 0 aromatic rings. The first-order chi connectivity index (χ1) is 54.9. The lowest BCUT2D eigenvalue weighted by atomic mass is 9.86. The molecule has 0 fully saturated rings. The van der Waals surface area contributed by atoms with Crippen molar-refractivity contribution in [3.63, 3.8) is 0 Å². The highest BCUT2D eigenvalue weighted by Crippen LogP contribution is 2.32. The van der Waals surface area contributed by atoms with Gasteiger partial charge in [-0.05, 0) is 197 Å². The van der Waals surface area contributed by atoms with Crippen molar-refractivity contribution in [2.75, 3.05) is 65.6 Å². The zero-order chi connectivity index (χ0) is 84.3. The summed E-state index contributed by atoms with van der Waals surface area (Å²) in [5.74, 6) is -0.543. The van der Waals surface area contributed by atoms with E-state index in [0.29, 0.717) is 39.4 Å². The van der Waals surface area contributed by atoms with E-state index in [9.17, 15) is 28.8 Å². The van der Waals surface area contributed by atoms with Crippen molar-refractivity contribution in [3.05, 3.63) is 0 Å². The van der Waals surface area contributed by atoms with Gasteiger partial charge in [0.15, 0.2) is 0 Å².